The molecule has 9 nitrogen and oxygen atoms in total. The number of pyridine rings is 3. The number of nitrogens with zero attached hydrogens (tertiary/aromatic N) is 4. The van der Waals surface area contributed by atoms with Crippen LogP contribution in [0.15, 0.2) is 59.3 Å². The van der Waals surface area contributed by atoms with Crippen molar-refractivity contribution in [2.45, 2.75) is 6.42 Å². The fraction of sp³-hybridized carbons (Fsp3) is 0.167. The van der Waals surface area contributed by atoms with Gasteiger partial charge < -0.3 is 24.9 Å². The van der Waals surface area contributed by atoms with Gasteiger partial charge in [0.2, 0.25) is 11.8 Å². The third-order valence-corrected chi connectivity index (χ3v) is 5.41. The summed E-state index contributed by atoms with van der Waals surface area (Å²) in [5, 5.41) is 18.0. The van der Waals surface area contributed by atoms with E-state index in [1.165, 1.54) is 0 Å². The van der Waals surface area contributed by atoms with Gasteiger partial charge in [0.15, 0.2) is 11.1 Å². The molecular formula is C24H21ClN6O3. The molecule has 4 heterocycles. The maximum absolute atomic E-state index is 10.1. The number of hydrogen-bond donors (Lipinski definition) is 3. The van der Waals surface area contributed by atoms with E-state index in [1.54, 1.807) is 43.7 Å². The number of aromatic nitrogens is 4. The minimum atomic E-state index is 0.0554. The molecule has 1 aromatic carbocycles. The van der Waals surface area contributed by atoms with Gasteiger partial charge in [0.1, 0.15) is 23.2 Å². The number of hydrogen-bond acceptors (Lipinski definition) is 9. The van der Waals surface area contributed by atoms with Gasteiger partial charge in [0, 0.05) is 42.2 Å². The van der Waals surface area contributed by atoms with E-state index in [0.29, 0.717) is 58.4 Å². The molecule has 0 saturated heterocycles. The lowest BCUT2D eigenvalue weighted by Crippen LogP contribution is -2.02. The van der Waals surface area contributed by atoms with Crippen molar-refractivity contribution in [1.29, 1.82) is 0 Å². The standard InChI is InChI=1S/C24H21ClN6O3/c1-26-23-15-12-27-20(29-19-7-3-8-21(30-19)33-10-4-9-25)11-14(15)16(13-28-23)24-31-22-17(32)5-2-6-18(22)34-24/h2-3,5-8,11-13,32H,4,9-10H2,1H3,(H,26,28)(H,27,29,30). The van der Waals surface area contributed by atoms with E-state index in [2.05, 4.69) is 30.6 Å². The van der Waals surface area contributed by atoms with Crippen LogP contribution in [-0.2, 0) is 0 Å². The predicted molar refractivity (Wildman–Crippen MR) is 132 cm³/mol. The Bertz CT molecular complexity index is 1470. The minimum absolute atomic E-state index is 0.0554. The van der Waals surface area contributed by atoms with Crippen LogP contribution in [-0.4, -0.2) is 44.6 Å². The Morgan fingerprint density at radius 2 is 1.91 bits per heavy atom. The average molecular weight is 477 g/mol. The highest BCUT2D eigenvalue weighted by molar-refractivity contribution is 6.17. The van der Waals surface area contributed by atoms with Crippen molar-refractivity contribution >= 4 is 50.9 Å². The number of fused-ring (bicyclic) bond motifs is 2. The lowest BCUT2D eigenvalue weighted by Gasteiger charge is -2.11. The first-order valence-electron chi connectivity index (χ1n) is 10.6. The van der Waals surface area contributed by atoms with Gasteiger partial charge in [0.25, 0.3) is 0 Å². The normalized spacial score (nSPS) is 11.1. The second kappa shape index (κ2) is 9.40. The van der Waals surface area contributed by atoms with Gasteiger partial charge >= 0.3 is 0 Å². The predicted octanol–water partition coefficient (Wildman–Crippen LogP) is 5.33. The maximum atomic E-state index is 10.1. The Balaban J connectivity index is 1.54. The highest BCUT2D eigenvalue weighted by Gasteiger charge is 2.17. The maximum Gasteiger partial charge on any atom is 0.229 e. The summed E-state index contributed by atoms with van der Waals surface area (Å²) in [6.45, 7) is 0.497. The molecule has 172 valence electrons. The summed E-state index contributed by atoms with van der Waals surface area (Å²) in [5.41, 5.74) is 1.55. The van der Waals surface area contributed by atoms with Gasteiger partial charge in [-0.15, -0.1) is 11.6 Å². The first-order valence-corrected chi connectivity index (χ1v) is 11.2. The number of rotatable bonds is 8. The largest absolute Gasteiger partial charge is 0.506 e. The Kier molecular flexibility index (Phi) is 6.01. The van der Waals surface area contributed by atoms with Crippen molar-refractivity contribution in [3.05, 3.63) is 54.9 Å². The summed E-state index contributed by atoms with van der Waals surface area (Å²) in [7, 11) is 1.80. The zero-order valence-corrected chi connectivity index (χ0v) is 19.0. The number of phenols is 1. The number of benzene rings is 1. The molecule has 0 radical (unpaired) electrons. The monoisotopic (exact) mass is 476 g/mol. The number of halogens is 1. The zero-order chi connectivity index (χ0) is 23.5. The molecule has 10 heteroatoms. The first-order chi connectivity index (χ1) is 16.7. The smallest absolute Gasteiger partial charge is 0.229 e. The number of ether oxygens (including phenoxy) is 1. The SMILES string of the molecule is CNc1ncc(-c2nc3c(O)cccc3o2)c2cc(Nc3cccc(OCCCCl)n3)ncc12. The molecular weight excluding hydrogens is 456 g/mol. The van der Waals surface area contributed by atoms with Gasteiger partial charge in [-0.2, -0.15) is 4.98 Å². The van der Waals surface area contributed by atoms with Crippen molar-refractivity contribution in [2.75, 3.05) is 30.2 Å². The molecule has 5 aromatic rings. The third kappa shape index (κ3) is 4.25. The molecule has 0 aliphatic heterocycles. The van der Waals surface area contributed by atoms with Crippen LogP contribution in [0.25, 0.3) is 33.3 Å². The van der Waals surface area contributed by atoms with Crippen LogP contribution >= 0.6 is 11.6 Å². The third-order valence-electron chi connectivity index (χ3n) is 5.14. The molecule has 34 heavy (non-hydrogen) atoms. The summed E-state index contributed by atoms with van der Waals surface area (Å²) in [5.74, 6) is 3.28. The number of anilines is 3. The lowest BCUT2D eigenvalue weighted by atomic mass is 10.1. The highest BCUT2D eigenvalue weighted by atomic mass is 35.5. The van der Waals surface area contributed by atoms with Crippen molar-refractivity contribution in [1.82, 2.24) is 19.9 Å². The van der Waals surface area contributed by atoms with Crippen LogP contribution in [0.3, 0.4) is 0 Å². The van der Waals surface area contributed by atoms with Gasteiger partial charge in [-0.3, -0.25) is 0 Å². The molecule has 3 N–H and O–H groups in total. The molecule has 0 fully saturated rings. The number of para-hydroxylation sites is 1. The molecule has 0 amide bonds. The van der Waals surface area contributed by atoms with Crippen LogP contribution < -0.4 is 15.4 Å². The summed E-state index contributed by atoms with van der Waals surface area (Å²) in [4.78, 5) is 18.0. The number of aromatic hydroxyl groups is 1. The average Bonchev–Trinajstić information content (AvgIpc) is 3.29. The van der Waals surface area contributed by atoms with Gasteiger partial charge in [-0.1, -0.05) is 12.1 Å². The summed E-state index contributed by atoms with van der Waals surface area (Å²) >= 11 is 5.71. The van der Waals surface area contributed by atoms with Crippen molar-refractivity contribution in [3.63, 3.8) is 0 Å². The topological polar surface area (TPSA) is 118 Å². The molecule has 0 atom stereocenters. The molecule has 0 spiro atoms. The molecule has 0 unspecified atom stereocenters. The van der Waals surface area contributed by atoms with Crippen LogP contribution in [0.5, 0.6) is 11.6 Å². The lowest BCUT2D eigenvalue weighted by molar-refractivity contribution is 0.306. The molecule has 0 bridgehead atoms. The van der Waals surface area contributed by atoms with Crippen LogP contribution in [0, 0.1) is 0 Å². The Hall–Kier alpha value is -4.11. The first kappa shape index (κ1) is 21.7. The molecule has 4 aromatic heterocycles. The fourth-order valence-corrected chi connectivity index (χ4v) is 3.66. The number of phenolic OH excluding ortho intramolecular Hbond substituents is 1. The summed E-state index contributed by atoms with van der Waals surface area (Å²) < 4.78 is 11.6. The van der Waals surface area contributed by atoms with E-state index >= 15 is 0 Å². The van der Waals surface area contributed by atoms with E-state index in [1.807, 2.05) is 18.2 Å². The second-order valence-electron chi connectivity index (χ2n) is 7.41. The van der Waals surface area contributed by atoms with Gasteiger partial charge in [-0.25, -0.2) is 15.0 Å². The van der Waals surface area contributed by atoms with E-state index < -0.39 is 0 Å². The highest BCUT2D eigenvalue weighted by Crippen LogP contribution is 2.35. The van der Waals surface area contributed by atoms with E-state index in [4.69, 9.17) is 20.8 Å². The quantitative estimate of drug-likeness (QED) is 0.201. The summed E-state index contributed by atoms with van der Waals surface area (Å²) in [6.07, 6.45) is 4.15. The molecule has 0 aliphatic rings. The minimum Gasteiger partial charge on any atom is -0.506 e. The van der Waals surface area contributed by atoms with Crippen molar-refractivity contribution in [3.8, 4) is 23.1 Å². The van der Waals surface area contributed by atoms with E-state index in [0.717, 1.165) is 17.2 Å². The van der Waals surface area contributed by atoms with Crippen molar-refractivity contribution in [2.24, 2.45) is 0 Å². The molecule has 0 saturated carbocycles. The van der Waals surface area contributed by atoms with Crippen molar-refractivity contribution < 1.29 is 14.3 Å². The molecule has 0 aliphatic carbocycles. The van der Waals surface area contributed by atoms with Gasteiger partial charge in [0.05, 0.1) is 12.2 Å². The Morgan fingerprint density at radius 3 is 2.74 bits per heavy atom. The number of nitrogens with one attached hydrogen (secondary N) is 2. The summed E-state index contributed by atoms with van der Waals surface area (Å²) in [6, 6.07) is 12.4. The number of oxazole rings is 1. The number of alkyl halides is 1. The Morgan fingerprint density at radius 1 is 1.03 bits per heavy atom. The Labute approximate surface area is 199 Å². The fourth-order valence-electron chi connectivity index (χ4n) is 3.55. The molecule has 5 rings (SSSR count). The van der Waals surface area contributed by atoms with E-state index in [-0.39, 0.29) is 5.75 Å². The zero-order valence-electron chi connectivity index (χ0n) is 18.2. The van der Waals surface area contributed by atoms with Crippen LogP contribution in [0.2, 0.25) is 0 Å². The van der Waals surface area contributed by atoms with E-state index in [9.17, 15) is 5.11 Å². The van der Waals surface area contributed by atoms with Gasteiger partial charge in [-0.05, 0) is 30.7 Å². The van der Waals surface area contributed by atoms with Crippen LogP contribution in [0.1, 0.15) is 6.42 Å². The van der Waals surface area contributed by atoms with Crippen LogP contribution in [0.4, 0.5) is 17.5 Å². The second-order valence-corrected chi connectivity index (χ2v) is 7.78.